The summed E-state index contributed by atoms with van der Waals surface area (Å²) in [5, 5.41) is 14.9. The van der Waals surface area contributed by atoms with Gasteiger partial charge in [-0.2, -0.15) is 0 Å². The van der Waals surface area contributed by atoms with Crippen molar-refractivity contribution in [3.63, 3.8) is 0 Å². The first kappa shape index (κ1) is 14.1. The van der Waals surface area contributed by atoms with Gasteiger partial charge in [-0.05, 0) is 26.8 Å². The first-order chi connectivity index (χ1) is 9.38. The average molecular weight is 280 g/mol. The largest absolute Gasteiger partial charge is 0.477 e. The Bertz CT molecular complexity index is 575. The van der Waals surface area contributed by atoms with Crippen LogP contribution < -0.4 is 5.32 Å². The fraction of sp³-hybridized carbons (Fsp3) is 0.462. The first-order valence-corrected chi connectivity index (χ1v) is 6.21. The van der Waals surface area contributed by atoms with Gasteiger partial charge in [-0.1, -0.05) is 5.16 Å². The third-order valence-electron chi connectivity index (χ3n) is 3.11. The Hall–Kier alpha value is -2.31. The van der Waals surface area contributed by atoms with E-state index >= 15 is 0 Å². The minimum absolute atomic E-state index is 0.0305. The molecule has 0 bridgehead atoms. The molecule has 2 heterocycles. The van der Waals surface area contributed by atoms with E-state index in [1.54, 1.807) is 0 Å². The highest BCUT2D eigenvalue weighted by Gasteiger charge is 2.32. The zero-order valence-electron chi connectivity index (χ0n) is 11.5. The topological polar surface area (TPSA) is 101 Å². The van der Waals surface area contributed by atoms with Crippen molar-refractivity contribution in [1.82, 2.24) is 5.32 Å². The van der Waals surface area contributed by atoms with Gasteiger partial charge in [-0.3, -0.25) is 4.79 Å². The maximum absolute atomic E-state index is 12.0. The molecule has 1 aliphatic rings. The van der Waals surface area contributed by atoms with E-state index in [9.17, 15) is 9.59 Å². The third-order valence-corrected chi connectivity index (χ3v) is 3.11. The number of carbonyl (C=O) groups is 2. The number of hydrogen-bond acceptors (Lipinski definition) is 5. The van der Waals surface area contributed by atoms with Gasteiger partial charge in [-0.25, -0.2) is 4.79 Å². The van der Waals surface area contributed by atoms with Gasteiger partial charge in [0.25, 0.3) is 5.91 Å². The molecule has 1 amide bonds. The van der Waals surface area contributed by atoms with Crippen LogP contribution in [0.5, 0.6) is 0 Å². The lowest BCUT2D eigenvalue weighted by Gasteiger charge is -2.15. The summed E-state index contributed by atoms with van der Waals surface area (Å²) in [6, 6.07) is 1.60. The summed E-state index contributed by atoms with van der Waals surface area (Å²) >= 11 is 0. The van der Waals surface area contributed by atoms with E-state index in [0.29, 0.717) is 0 Å². The molecule has 2 unspecified atom stereocenters. The second kappa shape index (κ2) is 5.36. The lowest BCUT2D eigenvalue weighted by Crippen LogP contribution is -2.36. The lowest BCUT2D eigenvalue weighted by molar-refractivity contribution is -0.132. The average Bonchev–Trinajstić information content (AvgIpc) is 2.95. The van der Waals surface area contributed by atoms with Crippen molar-refractivity contribution in [1.29, 1.82) is 0 Å². The number of nitrogens with zero attached hydrogens (tertiary/aromatic N) is 1. The van der Waals surface area contributed by atoms with Crippen LogP contribution in [0.3, 0.4) is 0 Å². The van der Waals surface area contributed by atoms with Gasteiger partial charge < -0.3 is 19.7 Å². The summed E-state index contributed by atoms with van der Waals surface area (Å²) < 4.78 is 5.41. The van der Waals surface area contributed by atoms with E-state index in [2.05, 4.69) is 10.5 Å². The van der Waals surface area contributed by atoms with Crippen LogP contribution in [0.1, 0.15) is 36.5 Å². The molecule has 7 nitrogen and oxygen atoms in total. The number of aliphatic carboxylic acids is 1. The molecule has 0 aromatic carbocycles. The minimum Gasteiger partial charge on any atom is -0.477 e. The molecule has 1 aliphatic heterocycles. The van der Waals surface area contributed by atoms with E-state index in [1.807, 2.05) is 26.8 Å². The maximum atomic E-state index is 12.0. The smallest absolute Gasteiger partial charge is 0.353 e. The molecule has 2 rings (SSSR count). The van der Waals surface area contributed by atoms with E-state index < -0.39 is 18.0 Å². The number of oxime groups is 1. The second-order valence-corrected chi connectivity index (χ2v) is 4.74. The van der Waals surface area contributed by atoms with Crippen LogP contribution in [0.4, 0.5) is 0 Å². The summed E-state index contributed by atoms with van der Waals surface area (Å²) in [4.78, 5) is 27.5. The number of hydrogen-bond donors (Lipinski definition) is 2. The molecule has 0 radical (unpaired) electrons. The Balaban J connectivity index is 1.96. The Labute approximate surface area is 115 Å². The number of rotatable bonds is 4. The SMILES string of the molecule is Cc1cc(C(C)NC(=O)C2CC(C(=O)O)=NO2)c(C)o1. The monoisotopic (exact) mass is 280 g/mol. The van der Waals surface area contributed by atoms with Crippen LogP contribution >= 0.6 is 0 Å². The molecular formula is C13H16N2O5. The lowest BCUT2D eigenvalue weighted by atomic mass is 10.1. The molecule has 0 fully saturated rings. The van der Waals surface area contributed by atoms with Gasteiger partial charge in [-0.15, -0.1) is 0 Å². The predicted molar refractivity (Wildman–Crippen MR) is 69.3 cm³/mol. The van der Waals surface area contributed by atoms with Crippen molar-refractivity contribution in [3.8, 4) is 0 Å². The van der Waals surface area contributed by atoms with Crippen LogP contribution in [-0.2, 0) is 14.4 Å². The normalized spacial score (nSPS) is 19.1. The molecule has 0 saturated heterocycles. The van der Waals surface area contributed by atoms with Crippen LogP contribution in [0.2, 0.25) is 0 Å². The first-order valence-electron chi connectivity index (χ1n) is 6.21. The Morgan fingerprint density at radius 3 is 2.70 bits per heavy atom. The molecule has 0 saturated carbocycles. The summed E-state index contributed by atoms with van der Waals surface area (Å²) in [5.74, 6) is -0.0530. The van der Waals surface area contributed by atoms with Gasteiger partial charge in [0.05, 0.1) is 6.04 Å². The van der Waals surface area contributed by atoms with E-state index in [-0.39, 0.29) is 18.2 Å². The highest BCUT2D eigenvalue weighted by molar-refractivity contribution is 6.36. The van der Waals surface area contributed by atoms with Gasteiger partial charge in [0, 0.05) is 12.0 Å². The zero-order chi connectivity index (χ0) is 14.9. The minimum atomic E-state index is -1.17. The highest BCUT2D eigenvalue weighted by Crippen LogP contribution is 2.22. The molecule has 0 spiro atoms. The summed E-state index contributed by atoms with van der Waals surface area (Å²) in [5.41, 5.74) is 0.737. The fourth-order valence-corrected chi connectivity index (χ4v) is 2.11. The van der Waals surface area contributed by atoms with Crippen LogP contribution in [0, 0.1) is 13.8 Å². The number of nitrogens with one attached hydrogen (secondary N) is 1. The highest BCUT2D eigenvalue weighted by atomic mass is 16.6. The van der Waals surface area contributed by atoms with Crippen molar-refractivity contribution >= 4 is 17.6 Å². The Kier molecular flexibility index (Phi) is 3.78. The van der Waals surface area contributed by atoms with Crippen molar-refractivity contribution in [3.05, 3.63) is 23.2 Å². The van der Waals surface area contributed by atoms with E-state index in [1.165, 1.54) is 0 Å². The molecule has 0 aliphatic carbocycles. The van der Waals surface area contributed by atoms with Crippen molar-refractivity contribution in [2.45, 2.75) is 39.3 Å². The third kappa shape index (κ3) is 2.81. The summed E-state index contributed by atoms with van der Waals surface area (Å²) in [7, 11) is 0. The Morgan fingerprint density at radius 2 is 2.20 bits per heavy atom. The van der Waals surface area contributed by atoms with E-state index in [0.717, 1.165) is 17.1 Å². The molecular weight excluding hydrogens is 264 g/mol. The van der Waals surface area contributed by atoms with Crippen molar-refractivity contribution < 1.29 is 24.0 Å². The summed E-state index contributed by atoms with van der Waals surface area (Å²) in [6.45, 7) is 5.48. The van der Waals surface area contributed by atoms with Gasteiger partial charge in [0.2, 0.25) is 6.10 Å². The van der Waals surface area contributed by atoms with Crippen molar-refractivity contribution in [2.24, 2.45) is 5.16 Å². The molecule has 7 heteroatoms. The quantitative estimate of drug-likeness (QED) is 0.865. The van der Waals surface area contributed by atoms with E-state index in [4.69, 9.17) is 14.4 Å². The van der Waals surface area contributed by atoms with Crippen LogP contribution in [0.15, 0.2) is 15.6 Å². The fourth-order valence-electron chi connectivity index (χ4n) is 2.11. The number of carboxylic acid groups (broad SMARTS) is 1. The molecule has 1 aromatic rings. The maximum Gasteiger partial charge on any atom is 0.353 e. The number of aryl methyl sites for hydroxylation is 2. The van der Waals surface area contributed by atoms with Gasteiger partial charge >= 0.3 is 5.97 Å². The number of furan rings is 1. The van der Waals surface area contributed by atoms with Crippen LogP contribution in [0.25, 0.3) is 0 Å². The van der Waals surface area contributed by atoms with Gasteiger partial charge in [0.15, 0.2) is 5.71 Å². The predicted octanol–water partition coefficient (Wildman–Crippen LogP) is 1.30. The Morgan fingerprint density at radius 1 is 1.50 bits per heavy atom. The molecule has 2 atom stereocenters. The standard InChI is InChI=1S/C13H16N2O5/c1-6-4-9(8(3)19-6)7(2)14-12(16)11-5-10(13(17)18)15-20-11/h4,7,11H,5H2,1-3H3,(H,14,16)(H,17,18). The molecule has 108 valence electrons. The summed E-state index contributed by atoms with van der Waals surface area (Å²) in [6.07, 6.45) is -0.922. The second-order valence-electron chi connectivity index (χ2n) is 4.74. The number of carboxylic acids is 1. The molecule has 2 N–H and O–H groups in total. The van der Waals surface area contributed by atoms with Gasteiger partial charge in [0.1, 0.15) is 11.5 Å². The number of amides is 1. The zero-order valence-corrected chi connectivity index (χ0v) is 11.5. The molecule has 20 heavy (non-hydrogen) atoms. The van der Waals surface area contributed by atoms with Crippen LogP contribution in [-0.4, -0.2) is 28.8 Å². The molecule has 1 aromatic heterocycles. The van der Waals surface area contributed by atoms with Crippen molar-refractivity contribution in [2.75, 3.05) is 0 Å². The number of carbonyl (C=O) groups excluding carboxylic acids is 1.